The van der Waals surface area contributed by atoms with Crippen LogP contribution in [0.2, 0.25) is 0 Å². The van der Waals surface area contributed by atoms with Gasteiger partial charge < -0.3 is 15.0 Å². The summed E-state index contributed by atoms with van der Waals surface area (Å²) in [6.45, 7) is 2.68. The number of anilines is 1. The molecular weight excluding hydrogens is 278 g/mol. The number of nitrogen functional groups attached to an aromatic ring is 1. The quantitative estimate of drug-likeness (QED) is 0.935. The summed E-state index contributed by atoms with van der Waals surface area (Å²) < 4.78 is 7.87. The first kappa shape index (κ1) is 15.1. The van der Waals surface area contributed by atoms with Crippen LogP contribution in [0.5, 0.6) is 5.88 Å². The monoisotopic (exact) mass is 303 g/mol. The van der Waals surface area contributed by atoms with Crippen molar-refractivity contribution in [1.82, 2.24) is 19.5 Å². The third-order valence-electron chi connectivity index (χ3n) is 4.32. The van der Waals surface area contributed by atoms with E-state index in [0.717, 1.165) is 17.6 Å². The van der Waals surface area contributed by atoms with Crippen LogP contribution < -0.4 is 10.5 Å². The van der Waals surface area contributed by atoms with E-state index in [0.29, 0.717) is 18.5 Å². The molecule has 2 aromatic rings. The summed E-state index contributed by atoms with van der Waals surface area (Å²) in [5.74, 6) is 0.764. The predicted octanol–water partition coefficient (Wildman–Crippen LogP) is 3.48. The molecule has 2 aromatic heterocycles. The van der Waals surface area contributed by atoms with Gasteiger partial charge in [-0.1, -0.05) is 39.0 Å². The molecule has 2 heterocycles. The molecule has 3 rings (SSSR count). The molecule has 120 valence electrons. The number of aromatic nitrogens is 4. The van der Waals surface area contributed by atoms with Gasteiger partial charge >= 0.3 is 0 Å². The molecule has 6 nitrogen and oxygen atoms in total. The minimum absolute atomic E-state index is 0.256. The number of fused-ring (bicyclic) bond motifs is 1. The van der Waals surface area contributed by atoms with Crippen molar-refractivity contribution in [2.75, 3.05) is 12.3 Å². The van der Waals surface area contributed by atoms with Gasteiger partial charge in [-0.25, -0.2) is 4.98 Å². The lowest BCUT2D eigenvalue weighted by Crippen LogP contribution is -2.11. The zero-order valence-electron chi connectivity index (χ0n) is 13.3. The lowest BCUT2D eigenvalue weighted by Gasteiger charge is -2.21. The molecule has 0 aromatic carbocycles. The van der Waals surface area contributed by atoms with E-state index in [-0.39, 0.29) is 5.95 Å². The Bertz CT molecular complexity index is 616. The zero-order chi connectivity index (χ0) is 15.4. The van der Waals surface area contributed by atoms with E-state index in [2.05, 4.69) is 26.4 Å². The molecule has 6 heteroatoms. The highest BCUT2D eigenvalue weighted by molar-refractivity contribution is 5.77. The van der Waals surface area contributed by atoms with Crippen LogP contribution in [0.4, 0.5) is 5.95 Å². The number of rotatable bonds is 4. The summed E-state index contributed by atoms with van der Waals surface area (Å²) in [5.41, 5.74) is 7.40. The number of hydrogen-bond donors (Lipinski definition) is 1. The van der Waals surface area contributed by atoms with Crippen LogP contribution >= 0.6 is 0 Å². The first-order valence-corrected chi connectivity index (χ1v) is 8.42. The van der Waals surface area contributed by atoms with Crippen molar-refractivity contribution >= 4 is 17.1 Å². The highest BCUT2D eigenvalue weighted by Crippen LogP contribution is 2.31. The smallest absolute Gasteiger partial charge is 0.247 e. The first-order chi connectivity index (χ1) is 10.8. The molecule has 0 bridgehead atoms. The van der Waals surface area contributed by atoms with Crippen molar-refractivity contribution in [2.45, 2.75) is 64.3 Å². The lowest BCUT2D eigenvalue weighted by atomic mass is 9.96. The number of nitrogens with zero attached hydrogens (tertiary/aromatic N) is 4. The molecule has 2 N–H and O–H groups in total. The average Bonchev–Trinajstić information content (AvgIpc) is 2.88. The van der Waals surface area contributed by atoms with Crippen molar-refractivity contribution in [3.8, 4) is 5.88 Å². The van der Waals surface area contributed by atoms with Crippen molar-refractivity contribution in [1.29, 1.82) is 0 Å². The van der Waals surface area contributed by atoms with E-state index < -0.39 is 0 Å². The molecule has 0 spiro atoms. The van der Waals surface area contributed by atoms with E-state index >= 15 is 0 Å². The zero-order valence-corrected chi connectivity index (χ0v) is 13.3. The molecule has 1 saturated carbocycles. The van der Waals surface area contributed by atoms with Crippen LogP contribution in [0, 0.1) is 0 Å². The average molecular weight is 303 g/mol. The van der Waals surface area contributed by atoms with Gasteiger partial charge in [-0.15, -0.1) is 0 Å². The molecule has 1 aliphatic carbocycles. The Morgan fingerprint density at radius 2 is 1.91 bits per heavy atom. The maximum Gasteiger partial charge on any atom is 0.247 e. The van der Waals surface area contributed by atoms with Crippen molar-refractivity contribution < 1.29 is 4.74 Å². The van der Waals surface area contributed by atoms with Crippen molar-refractivity contribution in [2.24, 2.45) is 0 Å². The molecular formula is C16H25N5O. The molecule has 0 saturated heterocycles. The minimum Gasteiger partial charge on any atom is -0.476 e. The second kappa shape index (κ2) is 6.94. The Labute approximate surface area is 131 Å². The van der Waals surface area contributed by atoms with Gasteiger partial charge in [-0.3, -0.25) is 0 Å². The van der Waals surface area contributed by atoms with Crippen LogP contribution in [0.3, 0.4) is 0 Å². The highest BCUT2D eigenvalue weighted by atomic mass is 16.5. The molecule has 22 heavy (non-hydrogen) atoms. The van der Waals surface area contributed by atoms with Gasteiger partial charge in [0.05, 0.1) is 12.9 Å². The summed E-state index contributed by atoms with van der Waals surface area (Å²) in [4.78, 5) is 13.1. The number of hydrogen-bond acceptors (Lipinski definition) is 5. The van der Waals surface area contributed by atoms with Crippen molar-refractivity contribution in [3.63, 3.8) is 0 Å². The van der Waals surface area contributed by atoms with Crippen LogP contribution in [0.15, 0.2) is 6.33 Å². The number of nitrogens with two attached hydrogens (primary N) is 1. The standard InChI is InChI=1S/C16H25N5O/c1-2-10-22-15-13-14(19-16(17)20-15)21(11-18-13)12-8-6-4-3-5-7-9-12/h11-12H,2-10H2,1H3,(H2,17,19,20). The fourth-order valence-corrected chi connectivity index (χ4v) is 3.19. The third kappa shape index (κ3) is 3.15. The van der Waals surface area contributed by atoms with Crippen molar-refractivity contribution in [3.05, 3.63) is 6.33 Å². The maximum absolute atomic E-state index is 5.87. The normalized spacial score (nSPS) is 17.3. The van der Waals surface area contributed by atoms with Crippen LogP contribution in [0.25, 0.3) is 11.2 Å². The van der Waals surface area contributed by atoms with Crippen LogP contribution in [-0.2, 0) is 0 Å². The van der Waals surface area contributed by atoms with Crippen LogP contribution in [0.1, 0.15) is 64.3 Å². The molecule has 1 fully saturated rings. The SMILES string of the molecule is CCCOc1nc(N)nc2c1ncn2C1CCCCCCC1. The second-order valence-corrected chi connectivity index (χ2v) is 6.06. The molecule has 0 unspecified atom stereocenters. The Morgan fingerprint density at radius 3 is 2.64 bits per heavy atom. The van der Waals surface area contributed by atoms with Gasteiger partial charge in [0, 0.05) is 6.04 Å². The lowest BCUT2D eigenvalue weighted by molar-refractivity contribution is 0.309. The minimum atomic E-state index is 0.256. The topological polar surface area (TPSA) is 78.8 Å². The van der Waals surface area contributed by atoms with E-state index in [1.165, 1.54) is 44.9 Å². The maximum atomic E-state index is 5.87. The van der Waals surface area contributed by atoms with Gasteiger partial charge in [-0.05, 0) is 19.3 Å². The number of imidazole rings is 1. The van der Waals surface area contributed by atoms with Gasteiger partial charge in [0.25, 0.3) is 0 Å². The largest absolute Gasteiger partial charge is 0.476 e. The van der Waals surface area contributed by atoms with Gasteiger partial charge in [-0.2, -0.15) is 9.97 Å². The van der Waals surface area contributed by atoms with E-state index in [9.17, 15) is 0 Å². The van der Waals surface area contributed by atoms with Gasteiger partial charge in [0.1, 0.15) is 0 Å². The summed E-state index contributed by atoms with van der Waals surface area (Å²) >= 11 is 0. The summed E-state index contributed by atoms with van der Waals surface area (Å²) in [6.07, 6.45) is 11.7. The van der Waals surface area contributed by atoms with E-state index in [1.54, 1.807) is 0 Å². The molecule has 0 amide bonds. The van der Waals surface area contributed by atoms with E-state index in [4.69, 9.17) is 10.5 Å². The fraction of sp³-hybridized carbons (Fsp3) is 0.688. The fourth-order valence-electron chi connectivity index (χ4n) is 3.19. The highest BCUT2D eigenvalue weighted by Gasteiger charge is 2.19. The predicted molar refractivity (Wildman–Crippen MR) is 86.9 cm³/mol. The van der Waals surface area contributed by atoms with Gasteiger partial charge in [0.15, 0.2) is 11.2 Å². The Kier molecular flexibility index (Phi) is 4.75. The Hall–Kier alpha value is -1.85. The van der Waals surface area contributed by atoms with Crippen LogP contribution in [-0.4, -0.2) is 26.1 Å². The molecule has 0 radical (unpaired) electrons. The van der Waals surface area contributed by atoms with Gasteiger partial charge in [0.2, 0.25) is 11.8 Å². The molecule has 1 aliphatic rings. The second-order valence-electron chi connectivity index (χ2n) is 6.06. The Morgan fingerprint density at radius 1 is 1.18 bits per heavy atom. The van der Waals surface area contributed by atoms with E-state index in [1.807, 2.05) is 6.33 Å². The molecule has 0 atom stereocenters. The third-order valence-corrected chi connectivity index (χ3v) is 4.32. The Balaban J connectivity index is 1.94. The first-order valence-electron chi connectivity index (χ1n) is 8.42. The number of ether oxygens (including phenoxy) is 1. The summed E-state index contributed by atoms with van der Waals surface area (Å²) in [7, 11) is 0. The summed E-state index contributed by atoms with van der Waals surface area (Å²) in [5, 5.41) is 0. The molecule has 0 aliphatic heterocycles. The summed E-state index contributed by atoms with van der Waals surface area (Å²) in [6, 6.07) is 0.457.